The Hall–Kier alpha value is -0.292. The number of aryl methyl sites for hydroxylation is 1. The largest absolute Gasteiger partial charge is 0.493 e. The standard InChI is InChI=1S/C13H19O.W/c1-4-7-12-8-5-6-9-13(12)14-10-11(2)3;/h5-6,8-9,11H,1,4,7,10H2,2-3H3;/q-1;. The molecule has 0 spiro atoms. The van der Waals surface area contributed by atoms with Gasteiger partial charge in [-0.15, -0.1) is 0 Å². The quantitative estimate of drug-likeness (QED) is 0.717. The minimum Gasteiger partial charge on any atom is -0.493 e. The van der Waals surface area contributed by atoms with Crippen LogP contribution in [0, 0.1) is 12.8 Å². The molecule has 0 saturated heterocycles. The summed E-state index contributed by atoms with van der Waals surface area (Å²) >= 11 is 0. The zero-order valence-corrected chi connectivity index (χ0v) is 12.5. The number of hydrogen-bond acceptors (Lipinski definition) is 1. The van der Waals surface area contributed by atoms with E-state index in [-0.39, 0.29) is 21.1 Å². The van der Waals surface area contributed by atoms with Gasteiger partial charge in [0.05, 0.1) is 6.61 Å². The Kier molecular flexibility index (Phi) is 7.78. The molecule has 0 aliphatic carbocycles. The summed E-state index contributed by atoms with van der Waals surface area (Å²) in [6.07, 6.45) is 1.91. The first-order valence-corrected chi connectivity index (χ1v) is 5.24. The van der Waals surface area contributed by atoms with Crippen LogP contribution >= 0.6 is 0 Å². The topological polar surface area (TPSA) is 9.23 Å². The van der Waals surface area contributed by atoms with Crippen molar-refractivity contribution in [1.29, 1.82) is 0 Å². The molecule has 0 amide bonds. The Morgan fingerprint density at radius 2 is 1.93 bits per heavy atom. The Morgan fingerprint density at radius 1 is 1.27 bits per heavy atom. The van der Waals surface area contributed by atoms with E-state index < -0.39 is 0 Å². The molecular formula is C13H19OW-. The van der Waals surface area contributed by atoms with E-state index in [9.17, 15) is 0 Å². The minimum absolute atomic E-state index is 0. The SMILES string of the molecule is [CH2-]CCc1ccccc1OCC(C)C.[W]. The molecule has 15 heavy (non-hydrogen) atoms. The summed E-state index contributed by atoms with van der Waals surface area (Å²) in [5, 5.41) is 0. The van der Waals surface area contributed by atoms with E-state index in [4.69, 9.17) is 4.74 Å². The second-order valence-corrected chi connectivity index (χ2v) is 3.92. The Morgan fingerprint density at radius 3 is 2.53 bits per heavy atom. The molecule has 1 rings (SSSR count). The zero-order chi connectivity index (χ0) is 10.4. The van der Waals surface area contributed by atoms with Crippen LogP contribution in [-0.2, 0) is 27.5 Å². The van der Waals surface area contributed by atoms with Crippen LogP contribution in [0.3, 0.4) is 0 Å². The predicted molar refractivity (Wildman–Crippen MR) is 60.5 cm³/mol. The molecule has 0 heterocycles. The van der Waals surface area contributed by atoms with E-state index in [1.807, 2.05) is 18.2 Å². The smallest absolute Gasteiger partial charge is 0.122 e. The Bertz CT molecular complexity index is 271. The van der Waals surface area contributed by atoms with Gasteiger partial charge >= 0.3 is 0 Å². The summed E-state index contributed by atoms with van der Waals surface area (Å²) in [4.78, 5) is 0. The minimum atomic E-state index is 0. The molecule has 0 atom stereocenters. The van der Waals surface area contributed by atoms with Crippen molar-refractivity contribution in [2.24, 2.45) is 5.92 Å². The van der Waals surface area contributed by atoms with Crippen molar-refractivity contribution in [2.75, 3.05) is 6.61 Å². The van der Waals surface area contributed by atoms with E-state index >= 15 is 0 Å². The summed E-state index contributed by atoms with van der Waals surface area (Å²) in [6, 6.07) is 8.21. The molecule has 1 aromatic carbocycles. The third kappa shape index (κ3) is 5.37. The molecule has 0 saturated carbocycles. The molecule has 84 valence electrons. The van der Waals surface area contributed by atoms with Crippen LogP contribution in [0.2, 0.25) is 0 Å². The van der Waals surface area contributed by atoms with Gasteiger partial charge < -0.3 is 11.7 Å². The predicted octanol–water partition coefficient (Wildman–Crippen LogP) is 3.49. The Labute approximate surface area is 107 Å². The maximum absolute atomic E-state index is 5.72. The van der Waals surface area contributed by atoms with Gasteiger partial charge in [0.1, 0.15) is 5.75 Å². The number of para-hydroxylation sites is 1. The average Bonchev–Trinajstić information content (AvgIpc) is 2.17. The summed E-state index contributed by atoms with van der Waals surface area (Å²) in [7, 11) is 0. The van der Waals surface area contributed by atoms with E-state index in [0.29, 0.717) is 5.92 Å². The maximum Gasteiger partial charge on any atom is 0.122 e. The van der Waals surface area contributed by atoms with Gasteiger partial charge in [0, 0.05) is 21.1 Å². The van der Waals surface area contributed by atoms with E-state index in [1.54, 1.807) is 0 Å². The second kappa shape index (κ2) is 7.93. The van der Waals surface area contributed by atoms with Crippen molar-refractivity contribution >= 4 is 0 Å². The van der Waals surface area contributed by atoms with Crippen LogP contribution in [0.25, 0.3) is 0 Å². The number of ether oxygens (including phenoxy) is 1. The fraction of sp³-hybridized carbons (Fsp3) is 0.462. The summed E-state index contributed by atoms with van der Waals surface area (Å²) in [5.41, 5.74) is 1.27. The van der Waals surface area contributed by atoms with Gasteiger partial charge in [0.2, 0.25) is 0 Å². The monoisotopic (exact) mass is 375 g/mol. The van der Waals surface area contributed by atoms with Crippen LogP contribution in [0.1, 0.15) is 25.8 Å². The van der Waals surface area contributed by atoms with Crippen molar-refractivity contribution in [3.05, 3.63) is 36.8 Å². The molecule has 1 aromatic rings. The van der Waals surface area contributed by atoms with Crippen LogP contribution in [0.4, 0.5) is 0 Å². The number of rotatable bonds is 5. The van der Waals surface area contributed by atoms with Crippen LogP contribution < -0.4 is 4.74 Å². The van der Waals surface area contributed by atoms with Gasteiger partial charge in [-0.3, -0.25) is 0 Å². The van der Waals surface area contributed by atoms with Crippen molar-refractivity contribution < 1.29 is 25.8 Å². The molecular weight excluding hydrogens is 356 g/mol. The van der Waals surface area contributed by atoms with Gasteiger partial charge in [0.25, 0.3) is 0 Å². The second-order valence-electron chi connectivity index (χ2n) is 3.92. The third-order valence-corrected chi connectivity index (χ3v) is 1.99. The van der Waals surface area contributed by atoms with Gasteiger partial charge in [-0.1, -0.05) is 38.5 Å². The summed E-state index contributed by atoms with van der Waals surface area (Å²) in [5.74, 6) is 1.59. The molecule has 0 N–H and O–H groups in total. The van der Waals surface area contributed by atoms with Crippen molar-refractivity contribution in [1.82, 2.24) is 0 Å². The fourth-order valence-electron chi connectivity index (χ4n) is 1.30. The maximum atomic E-state index is 5.72. The van der Waals surface area contributed by atoms with Gasteiger partial charge in [0.15, 0.2) is 0 Å². The van der Waals surface area contributed by atoms with Gasteiger partial charge in [-0.05, 0) is 17.5 Å². The molecule has 0 unspecified atom stereocenters. The first-order valence-electron chi connectivity index (χ1n) is 5.24. The normalized spacial score (nSPS) is 9.87. The Balaban J connectivity index is 0.00000196. The van der Waals surface area contributed by atoms with E-state index in [2.05, 4.69) is 26.8 Å². The third-order valence-electron chi connectivity index (χ3n) is 1.99. The van der Waals surface area contributed by atoms with Gasteiger partial charge in [-0.25, -0.2) is 0 Å². The van der Waals surface area contributed by atoms with Gasteiger partial charge in [-0.2, -0.15) is 6.42 Å². The van der Waals surface area contributed by atoms with E-state index in [1.165, 1.54) is 5.56 Å². The summed E-state index contributed by atoms with van der Waals surface area (Å²) < 4.78 is 5.72. The molecule has 0 radical (unpaired) electrons. The average molecular weight is 375 g/mol. The van der Waals surface area contributed by atoms with E-state index in [0.717, 1.165) is 25.2 Å². The fourth-order valence-corrected chi connectivity index (χ4v) is 1.30. The molecule has 0 aliphatic rings. The molecule has 1 nitrogen and oxygen atoms in total. The van der Waals surface area contributed by atoms with Crippen LogP contribution in [-0.4, -0.2) is 6.61 Å². The first kappa shape index (κ1) is 14.7. The van der Waals surface area contributed by atoms with Crippen molar-refractivity contribution in [3.63, 3.8) is 0 Å². The zero-order valence-electron chi connectivity index (χ0n) is 9.53. The first-order chi connectivity index (χ1) is 6.74. The molecule has 0 aliphatic heterocycles. The van der Waals surface area contributed by atoms with Crippen LogP contribution in [0.15, 0.2) is 24.3 Å². The molecule has 2 heteroatoms. The molecule has 0 bridgehead atoms. The summed E-state index contributed by atoms with van der Waals surface area (Å²) in [6.45, 7) is 8.96. The van der Waals surface area contributed by atoms with Crippen molar-refractivity contribution in [2.45, 2.75) is 26.7 Å². The molecule has 0 aromatic heterocycles. The number of hydrogen-bond donors (Lipinski definition) is 0. The van der Waals surface area contributed by atoms with Crippen LogP contribution in [0.5, 0.6) is 5.75 Å². The number of benzene rings is 1. The molecule has 0 fully saturated rings. The van der Waals surface area contributed by atoms with Crippen molar-refractivity contribution in [3.8, 4) is 5.75 Å².